The summed E-state index contributed by atoms with van der Waals surface area (Å²) >= 11 is 0. The Kier molecular flexibility index (Phi) is 3.72. The van der Waals surface area contributed by atoms with Gasteiger partial charge < -0.3 is 4.90 Å². The number of likely N-dealkylation sites (N-methyl/N-ethyl adjacent to an activating group) is 1. The number of hydrogen-bond donors (Lipinski definition) is 0. The van der Waals surface area contributed by atoms with E-state index in [9.17, 15) is 4.79 Å². The highest BCUT2D eigenvalue weighted by molar-refractivity contribution is 5.77. The summed E-state index contributed by atoms with van der Waals surface area (Å²) in [5.41, 5.74) is 0. The molecule has 0 aromatic heterocycles. The number of nitrogens with zero attached hydrogens (tertiary/aromatic N) is 2. The van der Waals surface area contributed by atoms with Crippen LogP contribution >= 0.6 is 0 Å². The van der Waals surface area contributed by atoms with Crippen molar-refractivity contribution in [1.29, 1.82) is 0 Å². The van der Waals surface area contributed by atoms with Crippen molar-refractivity contribution in [2.45, 2.75) is 19.8 Å². The average molecular weight is 184 g/mol. The molecule has 76 valence electrons. The van der Waals surface area contributed by atoms with Crippen LogP contribution in [0.3, 0.4) is 0 Å². The van der Waals surface area contributed by atoms with Crippen molar-refractivity contribution >= 4 is 5.91 Å². The molecule has 0 bridgehead atoms. The third-order valence-electron chi connectivity index (χ3n) is 2.60. The van der Waals surface area contributed by atoms with Gasteiger partial charge in [0.15, 0.2) is 0 Å². The van der Waals surface area contributed by atoms with Crippen molar-refractivity contribution in [1.82, 2.24) is 9.80 Å². The van der Waals surface area contributed by atoms with Gasteiger partial charge in [0.25, 0.3) is 0 Å². The molecule has 0 aromatic carbocycles. The normalized spacial score (nSPS) is 24.4. The lowest BCUT2D eigenvalue weighted by Gasteiger charge is -2.30. The zero-order chi connectivity index (χ0) is 9.84. The molecule has 1 heterocycles. The lowest BCUT2D eigenvalue weighted by atomic mass is 10.0. The highest BCUT2D eigenvalue weighted by Crippen LogP contribution is 2.14. The van der Waals surface area contributed by atoms with E-state index in [1.807, 2.05) is 14.1 Å². The summed E-state index contributed by atoms with van der Waals surface area (Å²) in [5, 5.41) is 0. The highest BCUT2D eigenvalue weighted by Gasteiger charge is 2.18. The number of rotatable bonds is 2. The Morgan fingerprint density at radius 1 is 1.54 bits per heavy atom. The van der Waals surface area contributed by atoms with E-state index in [2.05, 4.69) is 11.8 Å². The van der Waals surface area contributed by atoms with Crippen molar-refractivity contribution in [3.63, 3.8) is 0 Å². The molecule has 0 N–H and O–H groups in total. The maximum Gasteiger partial charge on any atom is 0.236 e. The topological polar surface area (TPSA) is 23.6 Å². The average Bonchev–Trinajstić information content (AvgIpc) is 2.04. The number of carbonyl (C=O) groups is 1. The quantitative estimate of drug-likeness (QED) is 0.634. The van der Waals surface area contributed by atoms with Crippen molar-refractivity contribution in [2.24, 2.45) is 5.92 Å². The summed E-state index contributed by atoms with van der Waals surface area (Å²) in [6.07, 6.45) is 2.55. The summed E-state index contributed by atoms with van der Waals surface area (Å²) in [6, 6.07) is 0. The Bertz CT molecular complexity index is 180. The monoisotopic (exact) mass is 184 g/mol. The van der Waals surface area contributed by atoms with Crippen molar-refractivity contribution in [2.75, 3.05) is 33.7 Å². The van der Waals surface area contributed by atoms with Crippen molar-refractivity contribution < 1.29 is 4.79 Å². The first-order valence-electron chi connectivity index (χ1n) is 5.02. The molecule has 1 aliphatic rings. The van der Waals surface area contributed by atoms with E-state index in [0.717, 1.165) is 19.0 Å². The standard InChI is InChI=1S/C10H20N2O/c1-9-5-4-6-12(7-9)8-10(13)11(2)3/h9H,4-8H2,1-3H3/t9-/m0/s1. The predicted molar refractivity (Wildman–Crippen MR) is 53.5 cm³/mol. The van der Waals surface area contributed by atoms with Crippen LogP contribution < -0.4 is 0 Å². The van der Waals surface area contributed by atoms with Crippen LogP contribution in [0.5, 0.6) is 0 Å². The first-order chi connectivity index (χ1) is 6.09. The molecule has 3 heteroatoms. The molecule has 1 fully saturated rings. The SMILES string of the molecule is C[C@H]1CCCN(CC(=O)N(C)C)C1. The molecule has 13 heavy (non-hydrogen) atoms. The lowest BCUT2D eigenvalue weighted by molar-refractivity contribution is -0.130. The van der Waals surface area contributed by atoms with Crippen LogP contribution in [-0.2, 0) is 4.79 Å². The van der Waals surface area contributed by atoms with Gasteiger partial charge in [0.05, 0.1) is 6.54 Å². The number of amides is 1. The number of hydrogen-bond acceptors (Lipinski definition) is 2. The minimum atomic E-state index is 0.217. The van der Waals surface area contributed by atoms with Gasteiger partial charge in [-0.05, 0) is 25.3 Å². The second kappa shape index (κ2) is 4.61. The molecule has 1 saturated heterocycles. The van der Waals surface area contributed by atoms with E-state index in [0.29, 0.717) is 6.54 Å². The van der Waals surface area contributed by atoms with E-state index in [4.69, 9.17) is 0 Å². The van der Waals surface area contributed by atoms with Crippen LogP contribution in [0.15, 0.2) is 0 Å². The molecule has 1 rings (SSSR count). The lowest BCUT2D eigenvalue weighted by Crippen LogP contribution is -2.41. The van der Waals surface area contributed by atoms with E-state index in [1.54, 1.807) is 4.90 Å². The molecule has 1 aliphatic heterocycles. The Balaban J connectivity index is 2.31. The summed E-state index contributed by atoms with van der Waals surface area (Å²) in [6.45, 7) is 5.02. The molecule has 0 aliphatic carbocycles. The third kappa shape index (κ3) is 3.35. The number of likely N-dealkylation sites (tertiary alicyclic amines) is 1. The minimum absolute atomic E-state index is 0.217. The van der Waals surface area contributed by atoms with E-state index in [1.165, 1.54) is 12.8 Å². The van der Waals surface area contributed by atoms with Crippen molar-refractivity contribution in [3.05, 3.63) is 0 Å². The van der Waals surface area contributed by atoms with Gasteiger partial charge in [-0.15, -0.1) is 0 Å². The Morgan fingerprint density at radius 3 is 2.77 bits per heavy atom. The van der Waals surface area contributed by atoms with Gasteiger partial charge in [0, 0.05) is 20.6 Å². The fourth-order valence-corrected chi connectivity index (χ4v) is 1.76. The molecule has 1 amide bonds. The molecule has 3 nitrogen and oxygen atoms in total. The first kappa shape index (κ1) is 10.5. The van der Waals surface area contributed by atoms with Crippen molar-refractivity contribution in [3.8, 4) is 0 Å². The van der Waals surface area contributed by atoms with Gasteiger partial charge in [-0.2, -0.15) is 0 Å². The zero-order valence-electron chi connectivity index (χ0n) is 8.92. The maximum absolute atomic E-state index is 11.4. The van der Waals surface area contributed by atoms with Gasteiger partial charge >= 0.3 is 0 Å². The summed E-state index contributed by atoms with van der Waals surface area (Å²) < 4.78 is 0. The number of piperidine rings is 1. The molecule has 0 aromatic rings. The largest absolute Gasteiger partial charge is 0.348 e. The second-order valence-electron chi connectivity index (χ2n) is 4.27. The van der Waals surface area contributed by atoms with E-state index in [-0.39, 0.29) is 5.91 Å². The van der Waals surface area contributed by atoms with E-state index >= 15 is 0 Å². The number of carbonyl (C=O) groups excluding carboxylic acids is 1. The fourth-order valence-electron chi connectivity index (χ4n) is 1.76. The predicted octanol–water partition coefficient (Wildman–Crippen LogP) is 0.806. The Morgan fingerprint density at radius 2 is 2.23 bits per heavy atom. The van der Waals surface area contributed by atoms with E-state index < -0.39 is 0 Å². The van der Waals surface area contributed by atoms with Crippen LogP contribution in [0.4, 0.5) is 0 Å². The van der Waals surface area contributed by atoms with Gasteiger partial charge in [-0.3, -0.25) is 9.69 Å². The molecule has 0 spiro atoms. The second-order valence-corrected chi connectivity index (χ2v) is 4.27. The molecule has 0 saturated carbocycles. The highest BCUT2D eigenvalue weighted by atomic mass is 16.2. The smallest absolute Gasteiger partial charge is 0.236 e. The molecular weight excluding hydrogens is 164 g/mol. The Hall–Kier alpha value is -0.570. The summed E-state index contributed by atoms with van der Waals surface area (Å²) in [7, 11) is 3.63. The van der Waals surface area contributed by atoms with Gasteiger partial charge in [-0.25, -0.2) is 0 Å². The Labute approximate surface area is 80.7 Å². The van der Waals surface area contributed by atoms with Crippen LogP contribution in [0, 0.1) is 5.92 Å². The third-order valence-corrected chi connectivity index (χ3v) is 2.60. The van der Waals surface area contributed by atoms with Crippen LogP contribution in [-0.4, -0.2) is 49.4 Å². The van der Waals surface area contributed by atoms with Crippen LogP contribution in [0.1, 0.15) is 19.8 Å². The first-order valence-corrected chi connectivity index (χ1v) is 5.02. The summed E-state index contributed by atoms with van der Waals surface area (Å²) in [4.78, 5) is 15.3. The van der Waals surface area contributed by atoms with Gasteiger partial charge in [-0.1, -0.05) is 6.92 Å². The molecule has 0 unspecified atom stereocenters. The van der Waals surface area contributed by atoms with Crippen LogP contribution in [0.2, 0.25) is 0 Å². The fraction of sp³-hybridized carbons (Fsp3) is 0.900. The van der Waals surface area contributed by atoms with Crippen LogP contribution in [0.25, 0.3) is 0 Å². The molecule has 0 radical (unpaired) electrons. The zero-order valence-corrected chi connectivity index (χ0v) is 8.92. The van der Waals surface area contributed by atoms with Gasteiger partial charge in [0.2, 0.25) is 5.91 Å². The summed E-state index contributed by atoms with van der Waals surface area (Å²) in [5.74, 6) is 0.970. The molecular formula is C10H20N2O. The maximum atomic E-state index is 11.4. The van der Waals surface area contributed by atoms with Gasteiger partial charge in [0.1, 0.15) is 0 Å². The minimum Gasteiger partial charge on any atom is -0.348 e. The molecule has 1 atom stereocenters.